The minimum atomic E-state index is -3.75. The Kier molecular flexibility index (Phi) is 9.28. The molecule has 0 heterocycles. The van der Waals surface area contributed by atoms with Crippen LogP contribution in [0.3, 0.4) is 0 Å². The van der Waals surface area contributed by atoms with Crippen LogP contribution in [0.5, 0.6) is 5.75 Å². The number of anilines is 1. The fourth-order valence-corrected chi connectivity index (χ4v) is 4.40. The summed E-state index contributed by atoms with van der Waals surface area (Å²) in [5.41, 5.74) is 2.04. The predicted octanol–water partition coefficient (Wildman–Crippen LogP) is 2.58. The van der Waals surface area contributed by atoms with Crippen LogP contribution in [0, 0.1) is 0 Å². The molecule has 2 amide bonds. The second-order valence-electron chi connectivity index (χ2n) is 7.70. The number of para-hydroxylation sites is 1. The first-order chi connectivity index (χ1) is 15.6. The molecule has 1 unspecified atom stereocenters. The van der Waals surface area contributed by atoms with E-state index in [1.807, 2.05) is 25.1 Å². The lowest BCUT2D eigenvalue weighted by Crippen LogP contribution is -2.51. The van der Waals surface area contributed by atoms with E-state index in [-0.39, 0.29) is 12.5 Å². The van der Waals surface area contributed by atoms with Crippen molar-refractivity contribution in [1.29, 1.82) is 0 Å². The van der Waals surface area contributed by atoms with Crippen molar-refractivity contribution in [2.24, 2.45) is 0 Å². The molecule has 0 aliphatic carbocycles. The molecule has 0 spiro atoms. The quantitative estimate of drug-likeness (QED) is 0.539. The zero-order valence-corrected chi connectivity index (χ0v) is 20.7. The minimum Gasteiger partial charge on any atom is -0.497 e. The molecule has 0 radical (unpaired) electrons. The normalized spacial score (nSPS) is 12.0. The summed E-state index contributed by atoms with van der Waals surface area (Å²) in [5, 5.41) is 2.73. The summed E-state index contributed by atoms with van der Waals surface area (Å²) in [6.45, 7) is 5.49. The molecule has 0 aromatic heterocycles. The fraction of sp³-hybridized carbons (Fsp3) is 0.417. The van der Waals surface area contributed by atoms with E-state index in [2.05, 4.69) is 5.32 Å². The molecule has 1 N–H and O–H groups in total. The van der Waals surface area contributed by atoms with E-state index in [4.69, 9.17) is 4.74 Å². The molecule has 9 heteroatoms. The van der Waals surface area contributed by atoms with Crippen LogP contribution >= 0.6 is 0 Å². The van der Waals surface area contributed by atoms with E-state index in [0.717, 1.165) is 21.7 Å². The van der Waals surface area contributed by atoms with Gasteiger partial charge in [0.15, 0.2) is 0 Å². The third-order valence-electron chi connectivity index (χ3n) is 5.33. The highest BCUT2D eigenvalue weighted by Gasteiger charge is 2.30. The number of carbonyl (C=O) groups excluding carboxylic acids is 2. The molecular weight excluding hydrogens is 442 g/mol. The third kappa shape index (κ3) is 6.95. The summed E-state index contributed by atoms with van der Waals surface area (Å²) in [6, 6.07) is 13.5. The van der Waals surface area contributed by atoms with E-state index < -0.39 is 28.5 Å². The van der Waals surface area contributed by atoms with Crippen LogP contribution in [0.15, 0.2) is 48.5 Å². The number of nitrogens with one attached hydrogen (secondary N) is 1. The second kappa shape index (κ2) is 11.7. The smallest absolute Gasteiger partial charge is 0.244 e. The number of benzene rings is 2. The Labute approximate surface area is 196 Å². The van der Waals surface area contributed by atoms with E-state index in [0.29, 0.717) is 24.4 Å². The van der Waals surface area contributed by atoms with Crippen LogP contribution in [0.1, 0.15) is 31.9 Å². The average Bonchev–Trinajstić information content (AvgIpc) is 2.79. The first-order valence-corrected chi connectivity index (χ1v) is 12.7. The van der Waals surface area contributed by atoms with E-state index in [9.17, 15) is 18.0 Å². The molecule has 1 atom stereocenters. The number of nitrogens with zero attached hydrogens (tertiary/aromatic N) is 2. The van der Waals surface area contributed by atoms with Gasteiger partial charge in [-0.3, -0.25) is 13.9 Å². The van der Waals surface area contributed by atoms with Crippen molar-refractivity contribution in [3.05, 3.63) is 59.7 Å². The maximum atomic E-state index is 13.5. The van der Waals surface area contributed by atoms with Crippen molar-refractivity contribution in [1.82, 2.24) is 10.2 Å². The van der Waals surface area contributed by atoms with Gasteiger partial charge < -0.3 is 15.0 Å². The van der Waals surface area contributed by atoms with Crippen molar-refractivity contribution in [2.75, 3.05) is 30.8 Å². The van der Waals surface area contributed by atoms with Gasteiger partial charge in [-0.1, -0.05) is 37.3 Å². The van der Waals surface area contributed by atoms with Gasteiger partial charge in [0.25, 0.3) is 0 Å². The maximum absolute atomic E-state index is 13.5. The van der Waals surface area contributed by atoms with Gasteiger partial charge >= 0.3 is 0 Å². The Bertz CT molecular complexity index is 1070. The van der Waals surface area contributed by atoms with Crippen LogP contribution in [0.2, 0.25) is 0 Å². The Balaban J connectivity index is 2.43. The average molecular weight is 476 g/mol. The lowest BCUT2D eigenvalue weighted by atomic mass is 10.1. The fourth-order valence-electron chi connectivity index (χ4n) is 3.52. The lowest BCUT2D eigenvalue weighted by Gasteiger charge is -2.32. The number of sulfonamides is 1. The summed E-state index contributed by atoms with van der Waals surface area (Å²) in [5.74, 6) is -0.165. The van der Waals surface area contributed by atoms with Crippen LogP contribution in [-0.4, -0.2) is 57.6 Å². The number of hydrogen-bond donors (Lipinski definition) is 1. The number of aryl methyl sites for hydroxylation is 1. The molecule has 2 rings (SSSR count). The second-order valence-corrected chi connectivity index (χ2v) is 9.60. The number of hydrogen-bond acceptors (Lipinski definition) is 5. The van der Waals surface area contributed by atoms with E-state index in [1.54, 1.807) is 51.3 Å². The standard InChI is InChI=1S/C24H33N3O5S/c1-6-20-12-8-9-14-22(20)27(33(5,30)31)17-23(28)26(18(3)24(29)25-7-2)16-19-11-10-13-21(15-19)32-4/h8-15,18H,6-7,16-17H2,1-5H3,(H,25,29). The molecule has 0 bridgehead atoms. The highest BCUT2D eigenvalue weighted by atomic mass is 32.2. The Hall–Kier alpha value is -3.07. The van der Waals surface area contributed by atoms with Gasteiger partial charge in [0.05, 0.1) is 19.1 Å². The van der Waals surface area contributed by atoms with Crippen LogP contribution < -0.4 is 14.4 Å². The van der Waals surface area contributed by atoms with E-state index in [1.165, 1.54) is 4.90 Å². The molecule has 0 aliphatic heterocycles. The topological polar surface area (TPSA) is 96.0 Å². The maximum Gasteiger partial charge on any atom is 0.244 e. The number of amides is 2. The third-order valence-corrected chi connectivity index (χ3v) is 6.45. The van der Waals surface area contributed by atoms with Gasteiger partial charge in [-0.25, -0.2) is 8.42 Å². The first kappa shape index (κ1) is 26.2. The van der Waals surface area contributed by atoms with Crippen molar-refractivity contribution in [3.63, 3.8) is 0 Å². The van der Waals surface area contributed by atoms with Crippen molar-refractivity contribution in [2.45, 2.75) is 39.8 Å². The first-order valence-electron chi connectivity index (χ1n) is 10.9. The number of ether oxygens (including phenoxy) is 1. The number of carbonyl (C=O) groups is 2. The zero-order valence-electron chi connectivity index (χ0n) is 19.9. The molecule has 2 aromatic rings. The molecule has 0 saturated heterocycles. The molecule has 0 fully saturated rings. The largest absolute Gasteiger partial charge is 0.497 e. The lowest BCUT2D eigenvalue weighted by molar-refractivity contribution is -0.139. The number of methoxy groups -OCH3 is 1. The molecule has 2 aromatic carbocycles. The minimum absolute atomic E-state index is 0.126. The number of rotatable bonds is 11. The summed E-state index contributed by atoms with van der Waals surface area (Å²) >= 11 is 0. The van der Waals surface area contributed by atoms with Gasteiger partial charge in [-0.15, -0.1) is 0 Å². The van der Waals surface area contributed by atoms with Crippen molar-refractivity contribution < 1.29 is 22.7 Å². The molecule has 0 saturated carbocycles. The van der Waals surface area contributed by atoms with Crippen LogP contribution in [0.4, 0.5) is 5.69 Å². The van der Waals surface area contributed by atoms with Gasteiger partial charge in [-0.05, 0) is 49.6 Å². The van der Waals surface area contributed by atoms with Gasteiger partial charge in [0.1, 0.15) is 18.3 Å². The molecule has 8 nitrogen and oxygen atoms in total. The summed E-state index contributed by atoms with van der Waals surface area (Å²) in [4.78, 5) is 27.5. The Morgan fingerprint density at radius 1 is 1.09 bits per heavy atom. The highest BCUT2D eigenvalue weighted by molar-refractivity contribution is 7.92. The molecule has 0 aliphatic rings. The summed E-state index contributed by atoms with van der Waals surface area (Å²) in [7, 11) is -2.20. The SMILES string of the molecule is CCNC(=O)C(C)N(Cc1cccc(OC)c1)C(=O)CN(c1ccccc1CC)S(C)(=O)=O. The van der Waals surface area contributed by atoms with Gasteiger partial charge in [0, 0.05) is 13.1 Å². The van der Waals surface area contributed by atoms with Crippen molar-refractivity contribution in [3.8, 4) is 5.75 Å². The Morgan fingerprint density at radius 2 is 1.79 bits per heavy atom. The summed E-state index contributed by atoms with van der Waals surface area (Å²) < 4.78 is 31.7. The van der Waals surface area contributed by atoms with Gasteiger partial charge in [0.2, 0.25) is 21.8 Å². The van der Waals surface area contributed by atoms with Crippen LogP contribution in [0.25, 0.3) is 0 Å². The molecule has 33 heavy (non-hydrogen) atoms. The highest BCUT2D eigenvalue weighted by Crippen LogP contribution is 2.24. The van der Waals surface area contributed by atoms with Crippen LogP contribution in [-0.2, 0) is 32.6 Å². The molecule has 180 valence electrons. The number of likely N-dealkylation sites (N-methyl/N-ethyl adjacent to an activating group) is 1. The van der Waals surface area contributed by atoms with Crippen molar-refractivity contribution >= 4 is 27.5 Å². The Morgan fingerprint density at radius 3 is 2.39 bits per heavy atom. The summed E-state index contributed by atoms with van der Waals surface area (Å²) in [6.07, 6.45) is 1.69. The monoisotopic (exact) mass is 475 g/mol. The molecular formula is C24H33N3O5S. The van der Waals surface area contributed by atoms with Gasteiger partial charge in [-0.2, -0.15) is 0 Å². The zero-order chi connectivity index (χ0) is 24.6. The predicted molar refractivity (Wildman–Crippen MR) is 130 cm³/mol. The van der Waals surface area contributed by atoms with E-state index >= 15 is 0 Å².